The van der Waals surface area contributed by atoms with Gasteiger partial charge in [0, 0.05) is 17.3 Å². The Kier molecular flexibility index (Phi) is 7.39. The number of fused-ring (bicyclic) bond motifs is 1. The van der Waals surface area contributed by atoms with Crippen molar-refractivity contribution in [3.63, 3.8) is 0 Å². The van der Waals surface area contributed by atoms with Gasteiger partial charge in [0.25, 0.3) is 0 Å². The van der Waals surface area contributed by atoms with Crippen LogP contribution in [-0.2, 0) is 32.5 Å². The maximum atomic E-state index is 14.7. The fourth-order valence-corrected chi connectivity index (χ4v) is 5.66. The summed E-state index contributed by atoms with van der Waals surface area (Å²) in [5.74, 6) is -2.02. The van der Waals surface area contributed by atoms with Gasteiger partial charge in [0.2, 0.25) is 10.0 Å². The largest absolute Gasteiger partial charge is 0.465 e. The summed E-state index contributed by atoms with van der Waals surface area (Å²) in [6.07, 6.45) is 3.28. The molecule has 0 amide bonds. The number of halogens is 3. The molecule has 8 nitrogen and oxygen atoms in total. The number of rotatable bonds is 8. The summed E-state index contributed by atoms with van der Waals surface area (Å²) in [6.45, 7) is 1.88. The lowest BCUT2D eigenvalue weighted by atomic mass is 9.94. The molecule has 2 aromatic carbocycles. The number of esters is 1. The van der Waals surface area contributed by atoms with Crippen LogP contribution < -0.4 is 9.46 Å². The molecular weight excluding hydrogens is 504 g/mol. The van der Waals surface area contributed by atoms with E-state index >= 15 is 0 Å². The van der Waals surface area contributed by atoms with Crippen LogP contribution in [0.1, 0.15) is 37.1 Å². The first-order valence-corrected chi connectivity index (χ1v) is 12.7. The van der Waals surface area contributed by atoms with Crippen LogP contribution in [0.3, 0.4) is 0 Å². The molecule has 1 aromatic heterocycles. The van der Waals surface area contributed by atoms with Gasteiger partial charge in [0.05, 0.1) is 23.9 Å². The number of sulfonamides is 1. The number of hydrogen-bond acceptors (Lipinski definition) is 6. The number of ether oxygens (including phenoxy) is 2. The first-order valence-electron chi connectivity index (χ1n) is 10.8. The van der Waals surface area contributed by atoms with E-state index in [-0.39, 0.29) is 29.7 Å². The number of nitrogens with one attached hydrogen (secondary N) is 1. The Labute approximate surface area is 205 Å². The summed E-state index contributed by atoms with van der Waals surface area (Å²) in [4.78, 5) is 11.4. The average molecular weight is 526 g/mol. The lowest BCUT2D eigenvalue weighted by Gasteiger charge is -2.24. The standard InChI is InChI=1S/C23H22ClF2N3O5S/c1-2-33-23(30)13-29-20-5-3-4-19(16(20)12-27-29)28-35(31,32)22-11-18(26)21(10-17(22)24)34-15-8-6-14(25)7-9-15/h6-12,19,28H,2-5,13H2,1H3/t19-/m1/s1. The number of hydrogen-bond donors (Lipinski definition) is 1. The van der Waals surface area contributed by atoms with E-state index in [1.54, 1.807) is 6.92 Å². The predicted molar refractivity (Wildman–Crippen MR) is 123 cm³/mol. The zero-order valence-corrected chi connectivity index (χ0v) is 20.2. The van der Waals surface area contributed by atoms with Crippen LogP contribution in [0, 0.1) is 11.6 Å². The first-order chi connectivity index (χ1) is 16.7. The summed E-state index contributed by atoms with van der Waals surface area (Å²) in [6, 6.07) is 6.09. The predicted octanol–water partition coefficient (Wildman–Crippen LogP) is 4.53. The molecule has 35 heavy (non-hydrogen) atoms. The molecule has 12 heteroatoms. The zero-order chi connectivity index (χ0) is 25.2. The molecule has 0 saturated carbocycles. The normalized spacial score (nSPS) is 15.5. The Morgan fingerprint density at radius 1 is 1.26 bits per heavy atom. The van der Waals surface area contributed by atoms with Crippen molar-refractivity contribution in [1.82, 2.24) is 14.5 Å². The monoisotopic (exact) mass is 525 g/mol. The van der Waals surface area contributed by atoms with Crippen molar-refractivity contribution in [2.24, 2.45) is 0 Å². The molecule has 186 valence electrons. The molecule has 1 aliphatic carbocycles. The Hall–Kier alpha value is -3.02. The second kappa shape index (κ2) is 10.3. The molecule has 1 N–H and O–H groups in total. The van der Waals surface area contributed by atoms with Gasteiger partial charge in [-0.1, -0.05) is 11.6 Å². The molecule has 0 saturated heterocycles. The van der Waals surface area contributed by atoms with Gasteiger partial charge in [0.1, 0.15) is 23.0 Å². The van der Waals surface area contributed by atoms with E-state index in [0.29, 0.717) is 24.8 Å². The number of aromatic nitrogens is 2. The van der Waals surface area contributed by atoms with Gasteiger partial charge in [-0.15, -0.1) is 0 Å². The van der Waals surface area contributed by atoms with Crippen molar-refractivity contribution in [3.05, 3.63) is 70.5 Å². The van der Waals surface area contributed by atoms with E-state index in [9.17, 15) is 22.0 Å². The maximum Gasteiger partial charge on any atom is 0.327 e. The Balaban J connectivity index is 1.55. The van der Waals surface area contributed by atoms with Gasteiger partial charge >= 0.3 is 5.97 Å². The molecule has 1 atom stereocenters. The summed E-state index contributed by atoms with van der Waals surface area (Å²) in [7, 11) is -4.23. The van der Waals surface area contributed by atoms with Crippen LogP contribution >= 0.6 is 11.6 Å². The fourth-order valence-electron chi connectivity index (χ4n) is 3.88. The molecule has 1 aliphatic rings. The third-order valence-corrected chi connectivity index (χ3v) is 7.40. The highest BCUT2D eigenvalue weighted by molar-refractivity contribution is 7.89. The molecule has 0 aliphatic heterocycles. The van der Waals surface area contributed by atoms with Gasteiger partial charge in [-0.3, -0.25) is 9.48 Å². The third kappa shape index (κ3) is 5.63. The first kappa shape index (κ1) is 25.1. The van der Waals surface area contributed by atoms with Crippen molar-refractivity contribution >= 4 is 27.6 Å². The van der Waals surface area contributed by atoms with Gasteiger partial charge in [0.15, 0.2) is 11.6 Å². The highest BCUT2D eigenvalue weighted by Crippen LogP contribution is 2.35. The van der Waals surface area contributed by atoms with Crippen molar-refractivity contribution in [1.29, 1.82) is 0 Å². The molecule has 0 spiro atoms. The minimum atomic E-state index is -4.23. The zero-order valence-electron chi connectivity index (χ0n) is 18.6. The van der Waals surface area contributed by atoms with E-state index < -0.39 is 38.6 Å². The smallest absolute Gasteiger partial charge is 0.327 e. The average Bonchev–Trinajstić information content (AvgIpc) is 3.21. The summed E-state index contributed by atoms with van der Waals surface area (Å²) >= 11 is 6.19. The summed E-state index contributed by atoms with van der Waals surface area (Å²) in [5.41, 5.74) is 1.37. The highest BCUT2D eigenvalue weighted by atomic mass is 35.5. The fraction of sp³-hybridized carbons (Fsp3) is 0.304. The topological polar surface area (TPSA) is 99.5 Å². The molecule has 0 radical (unpaired) electrons. The summed E-state index contributed by atoms with van der Waals surface area (Å²) in [5, 5.41) is 3.97. The molecule has 0 fully saturated rings. The molecule has 1 heterocycles. The Morgan fingerprint density at radius 2 is 2.00 bits per heavy atom. The number of carbonyl (C=O) groups is 1. The van der Waals surface area contributed by atoms with E-state index in [1.807, 2.05) is 0 Å². The second-order valence-corrected chi connectivity index (χ2v) is 9.93. The van der Waals surface area contributed by atoms with Gasteiger partial charge < -0.3 is 9.47 Å². The van der Waals surface area contributed by atoms with E-state index in [1.165, 1.54) is 23.0 Å². The Bertz CT molecular complexity index is 1350. The number of benzene rings is 2. The van der Waals surface area contributed by atoms with Crippen LogP contribution in [-0.4, -0.2) is 30.8 Å². The number of carbonyl (C=O) groups excluding carboxylic acids is 1. The molecule has 4 rings (SSSR count). The van der Waals surface area contributed by atoms with Gasteiger partial charge in [-0.25, -0.2) is 21.9 Å². The van der Waals surface area contributed by atoms with E-state index in [2.05, 4.69) is 9.82 Å². The lowest BCUT2D eigenvalue weighted by molar-refractivity contribution is -0.144. The van der Waals surface area contributed by atoms with Crippen molar-refractivity contribution in [2.45, 2.75) is 43.7 Å². The molecular formula is C23H22ClF2N3O5S. The molecule has 3 aromatic rings. The minimum absolute atomic E-state index is 0.0742. The van der Waals surface area contributed by atoms with Gasteiger partial charge in [-0.05, 0) is 56.5 Å². The van der Waals surface area contributed by atoms with Crippen LogP contribution in [0.15, 0.2) is 47.5 Å². The van der Waals surface area contributed by atoms with Gasteiger partial charge in [-0.2, -0.15) is 5.10 Å². The van der Waals surface area contributed by atoms with E-state index in [0.717, 1.165) is 30.0 Å². The minimum Gasteiger partial charge on any atom is -0.465 e. The van der Waals surface area contributed by atoms with Crippen LogP contribution in [0.4, 0.5) is 8.78 Å². The van der Waals surface area contributed by atoms with Crippen LogP contribution in [0.25, 0.3) is 0 Å². The lowest BCUT2D eigenvalue weighted by Crippen LogP contribution is -2.31. The number of nitrogens with zero attached hydrogens (tertiary/aromatic N) is 2. The van der Waals surface area contributed by atoms with Crippen molar-refractivity contribution < 1.29 is 31.5 Å². The highest BCUT2D eigenvalue weighted by Gasteiger charge is 2.31. The maximum absolute atomic E-state index is 14.7. The molecule has 0 unspecified atom stereocenters. The quantitative estimate of drug-likeness (QED) is 0.434. The Morgan fingerprint density at radius 3 is 2.71 bits per heavy atom. The SMILES string of the molecule is CCOC(=O)Cn1ncc2c1CCC[C@H]2NS(=O)(=O)c1cc(F)c(Oc2ccc(F)cc2)cc1Cl. The van der Waals surface area contributed by atoms with Crippen molar-refractivity contribution in [2.75, 3.05) is 6.61 Å². The second-order valence-electron chi connectivity index (χ2n) is 7.84. The molecule has 0 bridgehead atoms. The van der Waals surface area contributed by atoms with Crippen LogP contribution in [0.2, 0.25) is 5.02 Å². The van der Waals surface area contributed by atoms with E-state index in [4.69, 9.17) is 21.1 Å². The van der Waals surface area contributed by atoms with Crippen molar-refractivity contribution in [3.8, 4) is 11.5 Å². The summed E-state index contributed by atoms with van der Waals surface area (Å²) < 4.78 is 68.4. The third-order valence-electron chi connectivity index (χ3n) is 5.46. The van der Waals surface area contributed by atoms with Crippen LogP contribution in [0.5, 0.6) is 11.5 Å².